The van der Waals surface area contributed by atoms with E-state index in [1.54, 1.807) is 12.1 Å². The molecule has 0 unspecified atom stereocenters. The van der Waals surface area contributed by atoms with E-state index in [1.165, 1.54) is 12.1 Å². The zero-order valence-corrected chi connectivity index (χ0v) is 31.6. The predicted octanol–water partition coefficient (Wildman–Crippen LogP) is 10.3. The van der Waals surface area contributed by atoms with Crippen molar-refractivity contribution in [3.05, 3.63) is 104 Å². The van der Waals surface area contributed by atoms with E-state index in [2.05, 4.69) is 95.2 Å². The molecule has 2 aliphatic rings. The molecule has 50 heavy (non-hydrogen) atoms. The summed E-state index contributed by atoms with van der Waals surface area (Å²) in [6.45, 7) is 24.9. The van der Waals surface area contributed by atoms with E-state index in [-0.39, 0.29) is 46.3 Å². The summed E-state index contributed by atoms with van der Waals surface area (Å²) in [6, 6.07) is 14.4. The molecule has 0 amide bonds. The molecule has 0 saturated carbocycles. The largest absolute Gasteiger partial charge is 0.508 e. The minimum atomic E-state index is -0.498. The second-order valence-electron chi connectivity index (χ2n) is 18.9. The molecule has 4 aromatic rings. The lowest BCUT2D eigenvalue weighted by atomic mass is 9.61. The van der Waals surface area contributed by atoms with Gasteiger partial charge in [0, 0.05) is 46.9 Å². The maximum Gasteiger partial charge on any atom is 0.123 e. The molecule has 0 spiro atoms. The first-order chi connectivity index (χ1) is 22.8. The smallest absolute Gasteiger partial charge is 0.123 e. The zero-order chi connectivity index (χ0) is 37.2. The minimum Gasteiger partial charge on any atom is -0.508 e. The molecule has 6 heteroatoms. The van der Waals surface area contributed by atoms with Crippen molar-refractivity contribution in [2.75, 3.05) is 0 Å². The van der Waals surface area contributed by atoms with Gasteiger partial charge >= 0.3 is 0 Å². The Morgan fingerprint density at radius 3 is 1.10 bits per heavy atom. The predicted molar refractivity (Wildman–Crippen MR) is 200 cm³/mol. The van der Waals surface area contributed by atoms with Gasteiger partial charge in [-0.1, -0.05) is 107 Å². The van der Waals surface area contributed by atoms with Crippen LogP contribution in [0.25, 0.3) is 0 Å². The maximum atomic E-state index is 11.8. The molecule has 2 bridgehead atoms. The van der Waals surface area contributed by atoms with Crippen LogP contribution in [0.5, 0.6) is 34.5 Å². The van der Waals surface area contributed by atoms with Gasteiger partial charge in [-0.05, 0) is 78.3 Å². The Bertz CT molecular complexity index is 1960. The molecule has 6 rings (SSSR count). The van der Waals surface area contributed by atoms with Crippen LogP contribution in [0.2, 0.25) is 0 Å². The third-order valence-corrected chi connectivity index (χ3v) is 11.0. The quantitative estimate of drug-likeness (QED) is 0.126. The summed E-state index contributed by atoms with van der Waals surface area (Å²) < 4.78 is 0. The van der Waals surface area contributed by atoms with Gasteiger partial charge in [-0.3, -0.25) is 0 Å². The summed E-state index contributed by atoms with van der Waals surface area (Å²) in [5.74, 6) is -1.40. The zero-order valence-electron chi connectivity index (χ0n) is 31.6. The lowest BCUT2D eigenvalue weighted by molar-refractivity contribution is 0.400. The molecule has 0 saturated heterocycles. The minimum absolute atomic E-state index is 0.0470. The van der Waals surface area contributed by atoms with Gasteiger partial charge in [-0.2, -0.15) is 0 Å². The van der Waals surface area contributed by atoms with Gasteiger partial charge in [0.1, 0.15) is 34.5 Å². The Labute approximate surface area is 297 Å². The number of rotatable bonds is 2. The second kappa shape index (κ2) is 11.1. The topological polar surface area (TPSA) is 121 Å². The van der Waals surface area contributed by atoms with Crippen molar-refractivity contribution in [3.8, 4) is 34.5 Å². The van der Waals surface area contributed by atoms with Crippen LogP contribution >= 0.6 is 0 Å². The molecule has 0 heterocycles. The van der Waals surface area contributed by atoms with E-state index in [0.29, 0.717) is 16.7 Å². The fourth-order valence-corrected chi connectivity index (χ4v) is 8.74. The summed E-state index contributed by atoms with van der Waals surface area (Å²) in [5.41, 5.74) is 6.18. The number of phenolic OH excluding ortho intramolecular Hbond substituents is 6. The third kappa shape index (κ3) is 5.56. The number of hydrogen-bond donors (Lipinski definition) is 6. The fourth-order valence-electron chi connectivity index (χ4n) is 8.74. The fraction of sp³-hybridized carbons (Fsp3) is 0.455. The standard InChI is InChI=1S/C44H54O6/c1-41(2,3)27-13-21(14-28(39(27)49)42(4,5)6)33-35-25(17-23(45)19-31(35)47)38-34(37(33)26-18-24(46)20-32(48)36(26)38)22-15-29(43(7,8)9)40(50)30(16-22)44(10,11)12/h13-20,33-34,37-38,45-50H,1-12H3/t33-,34+,37+,38-/m0/s1. The van der Waals surface area contributed by atoms with Crippen LogP contribution in [0.1, 0.15) is 162 Å². The highest BCUT2D eigenvalue weighted by molar-refractivity contribution is 5.70. The van der Waals surface area contributed by atoms with Crippen LogP contribution in [0.3, 0.4) is 0 Å². The van der Waals surface area contributed by atoms with E-state index >= 15 is 0 Å². The van der Waals surface area contributed by atoms with Crippen molar-refractivity contribution >= 4 is 0 Å². The molecule has 0 radical (unpaired) electrons. The molecule has 2 aliphatic carbocycles. The van der Waals surface area contributed by atoms with E-state index < -0.39 is 33.5 Å². The number of fused-ring (bicyclic) bond motifs is 7. The van der Waals surface area contributed by atoms with Gasteiger partial charge in [0.2, 0.25) is 0 Å². The van der Waals surface area contributed by atoms with Crippen LogP contribution in [0.15, 0.2) is 48.5 Å². The van der Waals surface area contributed by atoms with Gasteiger partial charge in [0.15, 0.2) is 0 Å². The first kappa shape index (κ1) is 35.5. The molecule has 266 valence electrons. The molecule has 4 atom stereocenters. The van der Waals surface area contributed by atoms with Gasteiger partial charge in [-0.15, -0.1) is 0 Å². The molecule has 6 nitrogen and oxygen atoms in total. The van der Waals surface area contributed by atoms with Crippen LogP contribution in [0.4, 0.5) is 0 Å². The Hall–Kier alpha value is -4.32. The molecule has 0 fully saturated rings. The summed E-state index contributed by atoms with van der Waals surface area (Å²) in [6.07, 6.45) is 0. The van der Waals surface area contributed by atoms with Gasteiger partial charge in [0.25, 0.3) is 0 Å². The highest BCUT2D eigenvalue weighted by Gasteiger charge is 2.54. The van der Waals surface area contributed by atoms with Crippen LogP contribution in [-0.2, 0) is 21.7 Å². The first-order valence-corrected chi connectivity index (χ1v) is 17.7. The Morgan fingerprint density at radius 2 is 0.720 bits per heavy atom. The molecular weight excluding hydrogens is 624 g/mol. The summed E-state index contributed by atoms with van der Waals surface area (Å²) in [5, 5.41) is 68.9. The summed E-state index contributed by atoms with van der Waals surface area (Å²) in [4.78, 5) is 0. The second-order valence-corrected chi connectivity index (χ2v) is 18.9. The van der Waals surface area contributed by atoms with Crippen molar-refractivity contribution in [2.45, 2.75) is 128 Å². The van der Waals surface area contributed by atoms with Crippen LogP contribution in [0, 0.1) is 0 Å². The van der Waals surface area contributed by atoms with Gasteiger partial charge < -0.3 is 30.6 Å². The number of aromatic hydroxyl groups is 6. The summed E-state index contributed by atoms with van der Waals surface area (Å²) in [7, 11) is 0. The third-order valence-electron chi connectivity index (χ3n) is 11.0. The highest BCUT2D eigenvalue weighted by atomic mass is 16.3. The van der Waals surface area contributed by atoms with E-state index in [1.807, 2.05) is 12.1 Å². The van der Waals surface area contributed by atoms with Crippen molar-refractivity contribution in [3.63, 3.8) is 0 Å². The number of hydrogen-bond acceptors (Lipinski definition) is 6. The maximum absolute atomic E-state index is 11.8. The highest BCUT2D eigenvalue weighted by Crippen LogP contribution is 2.69. The van der Waals surface area contributed by atoms with Crippen LogP contribution < -0.4 is 0 Å². The van der Waals surface area contributed by atoms with Gasteiger partial charge in [0.05, 0.1) is 0 Å². The Kier molecular flexibility index (Phi) is 7.87. The molecular formula is C44H54O6. The summed E-state index contributed by atoms with van der Waals surface area (Å²) >= 11 is 0. The molecule has 4 aromatic carbocycles. The molecule has 6 N–H and O–H groups in total. The monoisotopic (exact) mass is 678 g/mol. The first-order valence-electron chi connectivity index (χ1n) is 17.7. The molecule has 0 aliphatic heterocycles. The average Bonchev–Trinajstić information content (AvgIpc) is 3.21. The van der Waals surface area contributed by atoms with E-state index in [0.717, 1.165) is 38.9 Å². The van der Waals surface area contributed by atoms with Crippen molar-refractivity contribution < 1.29 is 30.6 Å². The lowest BCUT2D eigenvalue weighted by Gasteiger charge is -2.41. The van der Waals surface area contributed by atoms with Crippen LogP contribution in [-0.4, -0.2) is 30.6 Å². The SMILES string of the molecule is CC(C)(C)c1cc([C@H]2c3c(O)cc(O)cc3[C@@H]3c4c(O)cc(O)cc4[C@H]2[C@H]3c2cc(C(C)(C)C)c(O)c(C(C)(C)C)c2)cc(C(C)(C)C)c1O. The van der Waals surface area contributed by atoms with Crippen molar-refractivity contribution in [2.24, 2.45) is 0 Å². The lowest BCUT2D eigenvalue weighted by Crippen LogP contribution is -2.28. The number of benzene rings is 4. The average molecular weight is 679 g/mol. The normalized spacial score (nSPS) is 20.5. The van der Waals surface area contributed by atoms with Crippen molar-refractivity contribution in [1.29, 1.82) is 0 Å². The Morgan fingerprint density at radius 1 is 0.380 bits per heavy atom. The Balaban J connectivity index is 1.80. The van der Waals surface area contributed by atoms with E-state index in [4.69, 9.17) is 0 Å². The van der Waals surface area contributed by atoms with Gasteiger partial charge in [-0.25, -0.2) is 0 Å². The van der Waals surface area contributed by atoms with E-state index in [9.17, 15) is 30.6 Å². The molecule has 0 aromatic heterocycles. The number of phenols is 6. The van der Waals surface area contributed by atoms with Crippen molar-refractivity contribution in [1.82, 2.24) is 0 Å².